The summed E-state index contributed by atoms with van der Waals surface area (Å²) < 4.78 is 5.27. The number of amides is 2. The predicted octanol–water partition coefficient (Wildman–Crippen LogP) is 4.40. The first-order valence-electron chi connectivity index (χ1n) is 10.2. The first-order valence-corrected chi connectivity index (χ1v) is 10.2. The van der Waals surface area contributed by atoms with Gasteiger partial charge in [-0.15, -0.1) is 0 Å². The highest BCUT2D eigenvalue weighted by molar-refractivity contribution is 5.89. The van der Waals surface area contributed by atoms with Gasteiger partial charge in [0.15, 0.2) is 0 Å². The topological polar surface area (TPSA) is 53.6 Å². The van der Waals surface area contributed by atoms with Crippen LogP contribution >= 0.6 is 0 Å². The number of para-hydroxylation sites is 1. The third-order valence-corrected chi connectivity index (χ3v) is 6.02. The van der Waals surface area contributed by atoms with E-state index >= 15 is 0 Å². The zero-order valence-electron chi connectivity index (χ0n) is 16.4. The van der Waals surface area contributed by atoms with Gasteiger partial charge in [0.2, 0.25) is 0 Å². The molecule has 2 aromatic rings. The smallest absolute Gasteiger partial charge is 0.319 e. The molecule has 28 heavy (non-hydrogen) atoms. The predicted molar refractivity (Wildman–Crippen MR) is 112 cm³/mol. The molecule has 5 nitrogen and oxygen atoms in total. The molecule has 2 aliphatic rings. The SMILES string of the molecule is COc1ccc(CN2[C@@H]3CCC[C@@H]2CC(NC(=O)Nc2ccccc2)C3)cc1. The molecule has 2 bridgehead atoms. The molecule has 0 unspecified atom stereocenters. The van der Waals surface area contributed by atoms with Gasteiger partial charge in [-0.3, -0.25) is 4.90 Å². The molecular weight excluding hydrogens is 350 g/mol. The van der Waals surface area contributed by atoms with E-state index in [0.717, 1.165) is 30.8 Å². The second-order valence-corrected chi connectivity index (χ2v) is 7.89. The Hall–Kier alpha value is -2.53. The number of benzene rings is 2. The van der Waals surface area contributed by atoms with E-state index in [2.05, 4.69) is 27.7 Å². The molecule has 0 aliphatic carbocycles. The molecule has 2 heterocycles. The lowest BCUT2D eigenvalue weighted by Crippen LogP contribution is -2.56. The van der Waals surface area contributed by atoms with Crippen LogP contribution in [-0.2, 0) is 6.54 Å². The average Bonchev–Trinajstić information content (AvgIpc) is 2.70. The number of hydrogen-bond donors (Lipinski definition) is 2. The van der Waals surface area contributed by atoms with Crippen molar-refractivity contribution in [1.82, 2.24) is 10.2 Å². The van der Waals surface area contributed by atoms with Gasteiger partial charge >= 0.3 is 6.03 Å². The van der Waals surface area contributed by atoms with Crippen LogP contribution in [0.15, 0.2) is 54.6 Å². The Morgan fingerprint density at radius 3 is 2.36 bits per heavy atom. The van der Waals surface area contributed by atoms with E-state index in [-0.39, 0.29) is 12.1 Å². The first kappa shape index (κ1) is 18.8. The van der Waals surface area contributed by atoms with E-state index < -0.39 is 0 Å². The number of urea groups is 1. The van der Waals surface area contributed by atoms with Crippen LogP contribution in [0.4, 0.5) is 10.5 Å². The fourth-order valence-corrected chi connectivity index (χ4v) is 4.67. The molecule has 2 saturated heterocycles. The van der Waals surface area contributed by atoms with Crippen molar-refractivity contribution < 1.29 is 9.53 Å². The summed E-state index contributed by atoms with van der Waals surface area (Å²) >= 11 is 0. The van der Waals surface area contributed by atoms with Crippen molar-refractivity contribution in [2.45, 2.75) is 56.8 Å². The van der Waals surface area contributed by atoms with Crippen LogP contribution in [0, 0.1) is 0 Å². The molecule has 2 aliphatic heterocycles. The molecule has 4 rings (SSSR count). The maximum Gasteiger partial charge on any atom is 0.319 e. The third kappa shape index (κ3) is 4.47. The van der Waals surface area contributed by atoms with Gasteiger partial charge in [0, 0.05) is 30.4 Å². The van der Waals surface area contributed by atoms with Crippen LogP contribution in [0.3, 0.4) is 0 Å². The fraction of sp³-hybridized carbons (Fsp3) is 0.435. The lowest BCUT2D eigenvalue weighted by molar-refractivity contribution is 0.0200. The molecule has 0 saturated carbocycles. The minimum absolute atomic E-state index is 0.0992. The zero-order chi connectivity index (χ0) is 19.3. The summed E-state index contributed by atoms with van der Waals surface area (Å²) in [7, 11) is 1.70. The Kier molecular flexibility index (Phi) is 5.81. The van der Waals surface area contributed by atoms with Gasteiger partial charge in [0.05, 0.1) is 7.11 Å². The van der Waals surface area contributed by atoms with Gasteiger partial charge in [-0.2, -0.15) is 0 Å². The van der Waals surface area contributed by atoms with Gasteiger partial charge in [-0.1, -0.05) is 36.8 Å². The third-order valence-electron chi connectivity index (χ3n) is 6.02. The Balaban J connectivity index is 1.35. The van der Waals surface area contributed by atoms with E-state index in [1.165, 1.54) is 24.8 Å². The number of nitrogens with one attached hydrogen (secondary N) is 2. The van der Waals surface area contributed by atoms with Crippen molar-refractivity contribution in [2.24, 2.45) is 0 Å². The number of nitrogens with zero attached hydrogens (tertiary/aromatic N) is 1. The van der Waals surface area contributed by atoms with Gasteiger partial charge in [-0.05, 0) is 55.5 Å². The second kappa shape index (κ2) is 8.65. The van der Waals surface area contributed by atoms with Crippen molar-refractivity contribution in [3.05, 3.63) is 60.2 Å². The number of fused-ring (bicyclic) bond motifs is 2. The zero-order valence-corrected chi connectivity index (χ0v) is 16.4. The summed E-state index contributed by atoms with van der Waals surface area (Å²) in [5, 5.41) is 6.14. The normalized spacial score (nSPS) is 24.4. The highest BCUT2D eigenvalue weighted by Crippen LogP contribution is 2.35. The van der Waals surface area contributed by atoms with E-state index in [1.54, 1.807) is 7.11 Å². The fourth-order valence-electron chi connectivity index (χ4n) is 4.67. The van der Waals surface area contributed by atoms with Crippen LogP contribution in [-0.4, -0.2) is 36.2 Å². The maximum atomic E-state index is 12.4. The molecule has 2 atom stereocenters. The Morgan fingerprint density at radius 2 is 1.71 bits per heavy atom. The Bertz CT molecular complexity index is 764. The van der Waals surface area contributed by atoms with Gasteiger partial charge in [0.1, 0.15) is 5.75 Å². The monoisotopic (exact) mass is 379 g/mol. The van der Waals surface area contributed by atoms with Crippen molar-refractivity contribution >= 4 is 11.7 Å². The molecule has 2 amide bonds. The largest absolute Gasteiger partial charge is 0.497 e. The van der Waals surface area contributed by atoms with E-state index in [9.17, 15) is 4.79 Å². The highest BCUT2D eigenvalue weighted by Gasteiger charge is 2.38. The highest BCUT2D eigenvalue weighted by atomic mass is 16.5. The van der Waals surface area contributed by atoms with Crippen molar-refractivity contribution in [2.75, 3.05) is 12.4 Å². The van der Waals surface area contributed by atoms with Crippen molar-refractivity contribution in [3.8, 4) is 5.75 Å². The van der Waals surface area contributed by atoms with Gasteiger partial charge in [0.25, 0.3) is 0 Å². The number of hydrogen-bond acceptors (Lipinski definition) is 3. The molecule has 2 N–H and O–H groups in total. The van der Waals surface area contributed by atoms with Crippen LogP contribution in [0.2, 0.25) is 0 Å². The van der Waals surface area contributed by atoms with Gasteiger partial charge in [-0.25, -0.2) is 4.79 Å². The molecule has 0 radical (unpaired) electrons. The second-order valence-electron chi connectivity index (χ2n) is 7.89. The van der Waals surface area contributed by atoms with Gasteiger partial charge < -0.3 is 15.4 Å². The number of anilines is 1. The Morgan fingerprint density at radius 1 is 1.04 bits per heavy atom. The molecule has 2 fully saturated rings. The number of ether oxygens (including phenoxy) is 1. The molecule has 148 valence electrons. The van der Waals surface area contributed by atoms with E-state index in [4.69, 9.17) is 4.74 Å². The average molecular weight is 380 g/mol. The molecule has 0 spiro atoms. The van der Waals surface area contributed by atoms with Crippen LogP contribution in [0.25, 0.3) is 0 Å². The molecular formula is C23H29N3O2. The summed E-state index contributed by atoms with van der Waals surface area (Å²) in [6.45, 7) is 0.974. The lowest BCUT2D eigenvalue weighted by atomic mass is 9.81. The minimum atomic E-state index is -0.0992. The summed E-state index contributed by atoms with van der Waals surface area (Å²) in [6, 6.07) is 19.2. The van der Waals surface area contributed by atoms with Crippen LogP contribution in [0.5, 0.6) is 5.75 Å². The van der Waals surface area contributed by atoms with Crippen LogP contribution < -0.4 is 15.4 Å². The molecule has 0 aromatic heterocycles. The summed E-state index contributed by atoms with van der Waals surface area (Å²) in [6.07, 6.45) is 5.76. The standard InChI is InChI=1S/C23H29N3O2/c1-28-22-12-10-17(11-13-22)16-26-20-8-5-9-21(26)15-19(14-20)25-23(27)24-18-6-3-2-4-7-18/h2-4,6-7,10-13,19-21H,5,8-9,14-16H2,1H3,(H2,24,25,27)/t20-,21-/m1/s1. The van der Waals surface area contributed by atoms with Crippen molar-refractivity contribution in [1.29, 1.82) is 0 Å². The van der Waals surface area contributed by atoms with E-state index in [0.29, 0.717) is 12.1 Å². The van der Waals surface area contributed by atoms with Crippen LogP contribution in [0.1, 0.15) is 37.7 Å². The number of piperidine rings is 2. The number of carbonyl (C=O) groups excluding carboxylic acids is 1. The van der Waals surface area contributed by atoms with E-state index in [1.807, 2.05) is 42.5 Å². The number of carbonyl (C=O) groups is 1. The minimum Gasteiger partial charge on any atom is -0.497 e. The summed E-state index contributed by atoms with van der Waals surface area (Å²) in [5.74, 6) is 0.899. The number of rotatable bonds is 5. The quantitative estimate of drug-likeness (QED) is 0.809. The summed E-state index contributed by atoms with van der Waals surface area (Å²) in [4.78, 5) is 15.0. The summed E-state index contributed by atoms with van der Waals surface area (Å²) in [5.41, 5.74) is 2.16. The molecule has 2 aromatic carbocycles. The van der Waals surface area contributed by atoms with Crippen molar-refractivity contribution in [3.63, 3.8) is 0 Å². The molecule has 5 heteroatoms. The first-order chi connectivity index (χ1) is 13.7. The Labute approximate surface area is 167 Å². The lowest BCUT2D eigenvalue weighted by Gasteiger charge is -2.49. The maximum absolute atomic E-state index is 12.4. The number of methoxy groups -OCH3 is 1.